The summed E-state index contributed by atoms with van der Waals surface area (Å²) in [7, 11) is 0. The third-order valence-electron chi connectivity index (χ3n) is 10.1. The molecule has 0 nitrogen and oxygen atoms in total. The number of rotatable bonds is 0. The van der Waals surface area contributed by atoms with E-state index in [1.807, 2.05) is 69.2 Å². The Labute approximate surface area is 368 Å². The van der Waals surface area contributed by atoms with E-state index in [0.717, 1.165) is 109 Å². The van der Waals surface area contributed by atoms with Crippen LogP contribution in [0.5, 0.6) is 0 Å². The van der Waals surface area contributed by atoms with E-state index in [-0.39, 0.29) is 0 Å². The van der Waals surface area contributed by atoms with Gasteiger partial charge >= 0.3 is 0 Å². The van der Waals surface area contributed by atoms with E-state index in [9.17, 15) is 0 Å². The van der Waals surface area contributed by atoms with E-state index in [2.05, 4.69) is 191 Å². The third kappa shape index (κ3) is 8.59. The first-order chi connectivity index (χ1) is 30.3. The van der Waals surface area contributed by atoms with Crippen molar-refractivity contribution >= 4 is 53.9 Å². The molecule has 0 saturated heterocycles. The number of hydrogen-bond donors (Lipinski definition) is 0. The Hall–Kier alpha value is -8.56. The summed E-state index contributed by atoms with van der Waals surface area (Å²) in [4.78, 5) is 0. The maximum absolute atomic E-state index is 3.28. The van der Waals surface area contributed by atoms with Crippen LogP contribution in [0, 0.1) is 118 Å². The van der Waals surface area contributed by atoms with Crippen molar-refractivity contribution in [1.82, 2.24) is 0 Å². The van der Waals surface area contributed by atoms with Gasteiger partial charge < -0.3 is 0 Å². The summed E-state index contributed by atoms with van der Waals surface area (Å²) in [5.74, 6) is 62.7. The molecule has 0 aliphatic rings. The summed E-state index contributed by atoms with van der Waals surface area (Å²) < 4.78 is 0. The summed E-state index contributed by atoms with van der Waals surface area (Å²) in [5, 5.41) is 11.2. The zero-order chi connectivity index (χ0) is 44.2. The fraction of sp³-hybridized carbons (Fsp3) is 0.161. The van der Waals surface area contributed by atoms with Crippen molar-refractivity contribution in [3.8, 4) is 118 Å². The highest BCUT2D eigenvalue weighted by Crippen LogP contribution is 2.39. The molecule has 7 aromatic carbocycles. The molecular weight excluding hydrogens is 745 g/mol. The Morgan fingerprint density at radius 3 is 0.645 bits per heavy atom. The van der Waals surface area contributed by atoms with Crippen molar-refractivity contribution < 1.29 is 0 Å². The second-order valence-electron chi connectivity index (χ2n) is 13.9. The first-order valence-electron chi connectivity index (χ1n) is 20.2. The van der Waals surface area contributed by atoms with Gasteiger partial charge in [0.2, 0.25) is 0 Å². The highest BCUT2D eigenvalue weighted by molar-refractivity contribution is 6.26. The van der Waals surface area contributed by atoms with Gasteiger partial charge in [0.05, 0.1) is 0 Å². The smallest absolute Gasteiger partial charge is 0.0487 e. The Kier molecular flexibility index (Phi) is 13.8. The van der Waals surface area contributed by atoms with Crippen molar-refractivity contribution in [2.75, 3.05) is 0 Å². The lowest BCUT2D eigenvalue weighted by Crippen LogP contribution is -1.94. The Morgan fingerprint density at radius 1 is 0.210 bits per heavy atom. The average Bonchev–Trinajstić information content (AvgIpc) is 3.27. The molecule has 0 heteroatoms. The number of fused-ring (bicyclic) bond motifs is 9. The van der Waals surface area contributed by atoms with Crippen molar-refractivity contribution in [3.63, 3.8) is 0 Å². The van der Waals surface area contributed by atoms with Gasteiger partial charge in [-0.2, -0.15) is 0 Å². The highest BCUT2D eigenvalue weighted by Gasteiger charge is 2.16. The quantitative estimate of drug-likeness (QED) is 0.106. The van der Waals surface area contributed by atoms with Crippen LogP contribution in [0.3, 0.4) is 0 Å². The van der Waals surface area contributed by atoms with Crippen molar-refractivity contribution in [1.29, 1.82) is 0 Å². The van der Waals surface area contributed by atoms with Crippen LogP contribution in [0.15, 0.2) is 72.8 Å². The van der Waals surface area contributed by atoms with Crippen molar-refractivity contribution in [3.05, 3.63) is 128 Å². The summed E-state index contributed by atoms with van der Waals surface area (Å²) in [6.07, 6.45) is 0. The lowest BCUT2D eigenvalue weighted by atomic mass is 9.87. The van der Waals surface area contributed by atoms with E-state index in [1.54, 1.807) is 0 Å². The largest absolute Gasteiger partial charge is 0.101 e. The summed E-state index contributed by atoms with van der Waals surface area (Å²) in [6.45, 7) is 18.5. The van der Waals surface area contributed by atoms with Gasteiger partial charge in [0.1, 0.15) is 0 Å². The van der Waals surface area contributed by atoms with Crippen LogP contribution in [0.1, 0.15) is 125 Å². The molecule has 0 aliphatic carbocycles. The van der Waals surface area contributed by atoms with Crippen LogP contribution in [0.4, 0.5) is 0 Å². The predicted octanol–water partition coefficient (Wildman–Crippen LogP) is 12.9. The maximum Gasteiger partial charge on any atom is 0.0487 e. The Morgan fingerprint density at radius 2 is 0.435 bits per heavy atom. The van der Waals surface area contributed by atoms with E-state index < -0.39 is 0 Å². The predicted molar refractivity (Wildman–Crippen MR) is 266 cm³/mol. The first-order valence-corrected chi connectivity index (χ1v) is 20.2. The molecule has 7 aromatic rings. The van der Waals surface area contributed by atoms with Gasteiger partial charge in [-0.15, -0.1) is 59.2 Å². The molecule has 0 saturated carbocycles. The van der Waals surface area contributed by atoms with Crippen LogP contribution in [-0.2, 0) is 0 Å². The topological polar surface area (TPSA) is 0 Å². The number of hydrogen-bond acceptors (Lipinski definition) is 0. The monoisotopic (exact) mass is 786 g/mol. The second-order valence-corrected chi connectivity index (χ2v) is 13.9. The minimum Gasteiger partial charge on any atom is -0.101 e. The normalized spacial score (nSPS) is 9.13. The van der Waals surface area contributed by atoms with Crippen molar-refractivity contribution in [2.24, 2.45) is 0 Å². The van der Waals surface area contributed by atoms with Gasteiger partial charge in [-0.1, -0.05) is 71.3 Å². The van der Waals surface area contributed by atoms with Crippen LogP contribution in [-0.4, -0.2) is 0 Å². The second kappa shape index (κ2) is 19.9. The van der Waals surface area contributed by atoms with Crippen LogP contribution in [0.25, 0.3) is 53.9 Å². The SMILES string of the molecule is CC#Cc1cc2c3cc(C#CC)c(C#CC)cc3c3cc(C#CC)c(C#CC)cc3c2cc1C#CC.CC#Cc1ccc2c(c1)c(C#CC)c(C#CC)c1cc(C#CC)ccc12. The molecule has 0 amide bonds. The van der Waals surface area contributed by atoms with E-state index >= 15 is 0 Å². The van der Waals surface area contributed by atoms with E-state index in [1.165, 1.54) is 0 Å². The molecule has 0 unspecified atom stereocenters. The standard InChI is InChI=1S/C36H24.C26H18/c1-7-13-25-19-31-32(20-26(25)14-8-2)34-22-28(16-10-4)30(18-12-6)24-36(34)35-23-29(17-11-5)27(15-9-3)21-33(31)35;1-5-9-19-13-15-23-24-16-14-20(10-6-2)18-26(24)22(12-8-4)21(11-7-3)25(23)17-19/h19-24H,1-6H3;13-18H,1-4H3. The van der Waals surface area contributed by atoms with Gasteiger partial charge in [0.15, 0.2) is 0 Å². The molecule has 0 heterocycles. The molecule has 0 bridgehead atoms. The van der Waals surface area contributed by atoms with Crippen molar-refractivity contribution in [2.45, 2.75) is 69.2 Å². The molecule has 7 rings (SSSR count). The van der Waals surface area contributed by atoms with Gasteiger partial charge in [-0.25, -0.2) is 0 Å². The summed E-state index contributed by atoms with van der Waals surface area (Å²) in [5.41, 5.74) is 9.42. The molecule has 0 spiro atoms. The lowest BCUT2D eigenvalue weighted by molar-refractivity contribution is 1.61. The van der Waals surface area contributed by atoms with Crippen LogP contribution < -0.4 is 0 Å². The minimum atomic E-state index is 0.919. The Bertz CT molecular complexity index is 3210. The van der Waals surface area contributed by atoms with Crippen LogP contribution >= 0.6 is 0 Å². The number of benzene rings is 7. The first kappa shape index (κ1) is 43.0. The van der Waals surface area contributed by atoms with Gasteiger partial charge in [-0.05, 0) is 173 Å². The Balaban J connectivity index is 0.000000218. The fourth-order valence-electron chi connectivity index (χ4n) is 7.76. The third-order valence-corrected chi connectivity index (χ3v) is 10.1. The highest BCUT2D eigenvalue weighted by atomic mass is 14.2. The molecule has 0 atom stereocenters. The average molecular weight is 787 g/mol. The summed E-state index contributed by atoms with van der Waals surface area (Å²) >= 11 is 0. The zero-order valence-electron chi connectivity index (χ0n) is 36.9. The molecule has 62 heavy (non-hydrogen) atoms. The molecule has 0 aromatic heterocycles. The van der Waals surface area contributed by atoms with E-state index in [0.29, 0.717) is 0 Å². The fourth-order valence-corrected chi connectivity index (χ4v) is 7.76. The van der Waals surface area contributed by atoms with E-state index in [4.69, 9.17) is 0 Å². The molecular formula is C62H42. The zero-order valence-corrected chi connectivity index (χ0v) is 36.9. The molecule has 0 radical (unpaired) electrons. The maximum atomic E-state index is 3.28. The molecule has 0 N–H and O–H groups in total. The minimum absolute atomic E-state index is 0.919. The summed E-state index contributed by atoms with van der Waals surface area (Å²) in [6, 6.07) is 25.6. The van der Waals surface area contributed by atoms with Gasteiger partial charge in [0, 0.05) is 66.4 Å². The van der Waals surface area contributed by atoms with Gasteiger partial charge in [0.25, 0.3) is 0 Å². The molecule has 290 valence electrons. The molecule has 0 aliphatic heterocycles. The lowest BCUT2D eigenvalue weighted by Gasteiger charge is -2.15. The van der Waals surface area contributed by atoms with Gasteiger partial charge in [-0.3, -0.25) is 0 Å². The molecule has 0 fully saturated rings. The van der Waals surface area contributed by atoms with Crippen LogP contribution in [0.2, 0.25) is 0 Å².